The third-order valence-corrected chi connectivity index (χ3v) is 3.41. The van der Waals surface area contributed by atoms with Crippen LogP contribution in [0.3, 0.4) is 0 Å². The van der Waals surface area contributed by atoms with Crippen molar-refractivity contribution < 1.29 is 9.47 Å². The van der Waals surface area contributed by atoms with Crippen molar-refractivity contribution in [3.63, 3.8) is 0 Å². The molecule has 1 N–H and O–H groups in total. The first kappa shape index (κ1) is 14.1. The Morgan fingerprint density at radius 2 is 2.26 bits per heavy atom. The monoisotopic (exact) mass is 325 g/mol. The molecule has 0 radical (unpaired) electrons. The van der Waals surface area contributed by atoms with Gasteiger partial charge in [0.25, 0.3) is 0 Å². The van der Waals surface area contributed by atoms with Crippen molar-refractivity contribution >= 4 is 15.9 Å². The Labute approximate surface area is 121 Å². The van der Waals surface area contributed by atoms with Crippen LogP contribution in [0.2, 0.25) is 0 Å². The van der Waals surface area contributed by atoms with E-state index in [-0.39, 0.29) is 12.8 Å². The summed E-state index contributed by atoms with van der Waals surface area (Å²) >= 11 is 3.44. The molecule has 102 valence electrons. The van der Waals surface area contributed by atoms with Gasteiger partial charge in [0.05, 0.1) is 10.5 Å². The van der Waals surface area contributed by atoms with E-state index >= 15 is 0 Å². The van der Waals surface area contributed by atoms with Gasteiger partial charge in [-0.3, -0.25) is 5.32 Å². The summed E-state index contributed by atoms with van der Waals surface area (Å²) in [6, 6.07) is 5.65. The van der Waals surface area contributed by atoms with Crippen molar-refractivity contribution in [3.05, 3.63) is 22.2 Å². The van der Waals surface area contributed by atoms with Gasteiger partial charge < -0.3 is 14.4 Å². The second-order valence-corrected chi connectivity index (χ2v) is 5.41. The van der Waals surface area contributed by atoms with Gasteiger partial charge in [-0.1, -0.05) is 0 Å². The fourth-order valence-corrected chi connectivity index (χ4v) is 2.40. The van der Waals surface area contributed by atoms with Crippen LogP contribution in [0, 0.1) is 11.3 Å². The third-order valence-electron chi connectivity index (χ3n) is 2.82. The van der Waals surface area contributed by atoms with Crippen LogP contribution in [-0.2, 0) is 0 Å². The number of rotatable bonds is 5. The van der Waals surface area contributed by atoms with E-state index in [1.54, 1.807) is 0 Å². The van der Waals surface area contributed by atoms with Crippen LogP contribution in [0.15, 0.2) is 16.6 Å². The smallest absolute Gasteiger partial charge is 0.231 e. The predicted octanol–water partition coefficient (Wildman–Crippen LogP) is 1.89. The molecule has 0 spiro atoms. The van der Waals surface area contributed by atoms with Gasteiger partial charge in [0, 0.05) is 13.1 Å². The molecular weight excluding hydrogens is 310 g/mol. The fraction of sp³-hybridized carbons (Fsp3) is 0.462. The second-order valence-electron chi connectivity index (χ2n) is 4.56. The maximum Gasteiger partial charge on any atom is 0.231 e. The SMILES string of the molecule is CN(C)CCNC(C#N)c1cc(Br)c2c(c1)OCO2. The number of halogens is 1. The molecule has 1 aliphatic heterocycles. The molecule has 1 unspecified atom stereocenters. The van der Waals surface area contributed by atoms with E-state index in [0.29, 0.717) is 11.5 Å². The number of nitrogens with one attached hydrogen (secondary N) is 1. The Hall–Kier alpha value is -1.29. The van der Waals surface area contributed by atoms with E-state index in [1.165, 1.54) is 0 Å². The van der Waals surface area contributed by atoms with Gasteiger partial charge in [-0.25, -0.2) is 0 Å². The molecule has 1 aromatic rings. The quantitative estimate of drug-likeness (QED) is 0.896. The summed E-state index contributed by atoms with van der Waals surface area (Å²) in [5.41, 5.74) is 0.873. The van der Waals surface area contributed by atoms with Gasteiger partial charge in [0.2, 0.25) is 6.79 Å². The fourth-order valence-electron chi connectivity index (χ4n) is 1.82. The first-order valence-corrected chi connectivity index (χ1v) is 6.78. The lowest BCUT2D eigenvalue weighted by Crippen LogP contribution is -2.29. The Bertz CT molecular complexity index is 499. The number of ether oxygens (including phenoxy) is 2. The highest BCUT2D eigenvalue weighted by Crippen LogP contribution is 2.41. The van der Waals surface area contributed by atoms with Crippen molar-refractivity contribution in [3.8, 4) is 17.6 Å². The molecule has 19 heavy (non-hydrogen) atoms. The Morgan fingerprint density at radius 1 is 1.47 bits per heavy atom. The predicted molar refractivity (Wildman–Crippen MR) is 75.2 cm³/mol. The number of fused-ring (bicyclic) bond motifs is 1. The molecule has 1 atom stereocenters. The van der Waals surface area contributed by atoms with Crippen molar-refractivity contribution in [1.29, 1.82) is 5.26 Å². The first-order chi connectivity index (χ1) is 9.11. The summed E-state index contributed by atoms with van der Waals surface area (Å²) in [6.45, 7) is 1.85. The van der Waals surface area contributed by atoms with Crippen LogP contribution < -0.4 is 14.8 Å². The number of benzene rings is 1. The summed E-state index contributed by atoms with van der Waals surface area (Å²) in [5.74, 6) is 1.38. The third kappa shape index (κ3) is 3.38. The van der Waals surface area contributed by atoms with Crippen LogP contribution in [0.5, 0.6) is 11.5 Å². The molecule has 0 fully saturated rings. The molecule has 1 heterocycles. The number of likely N-dealkylation sites (N-methyl/N-ethyl adjacent to an activating group) is 1. The van der Waals surface area contributed by atoms with Crippen LogP contribution >= 0.6 is 15.9 Å². The summed E-state index contributed by atoms with van der Waals surface area (Å²) in [7, 11) is 4.00. The zero-order valence-electron chi connectivity index (χ0n) is 10.9. The van der Waals surface area contributed by atoms with Crippen molar-refractivity contribution in [2.75, 3.05) is 34.0 Å². The van der Waals surface area contributed by atoms with Crippen molar-refractivity contribution in [2.24, 2.45) is 0 Å². The molecule has 5 nitrogen and oxygen atoms in total. The highest BCUT2D eigenvalue weighted by Gasteiger charge is 2.21. The Kier molecular flexibility index (Phi) is 4.64. The first-order valence-electron chi connectivity index (χ1n) is 5.98. The number of nitrogens with zero attached hydrogens (tertiary/aromatic N) is 2. The molecule has 0 saturated carbocycles. The molecule has 0 aliphatic carbocycles. The molecule has 0 bridgehead atoms. The summed E-state index contributed by atoms with van der Waals surface area (Å²) in [6.07, 6.45) is 0. The average Bonchev–Trinajstić information content (AvgIpc) is 2.83. The van der Waals surface area contributed by atoms with Crippen LogP contribution in [0.25, 0.3) is 0 Å². The Balaban J connectivity index is 2.11. The largest absolute Gasteiger partial charge is 0.454 e. The zero-order chi connectivity index (χ0) is 13.8. The van der Waals surface area contributed by atoms with Crippen LogP contribution in [0.4, 0.5) is 0 Å². The topological polar surface area (TPSA) is 57.5 Å². The standard InChI is InChI=1S/C13H16BrN3O2/c1-17(2)4-3-16-11(7-15)9-5-10(14)13-12(6-9)18-8-19-13/h5-6,11,16H,3-4,8H2,1-2H3. The van der Waals surface area contributed by atoms with Gasteiger partial charge in [0.1, 0.15) is 6.04 Å². The molecule has 0 saturated heterocycles. The zero-order valence-corrected chi connectivity index (χ0v) is 12.5. The number of hydrogen-bond donors (Lipinski definition) is 1. The molecule has 2 rings (SSSR count). The molecular formula is C13H16BrN3O2. The number of nitriles is 1. The molecule has 0 amide bonds. The Morgan fingerprint density at radius 3 is 2.95 bits per heavy atom. The van der Waals surface area contributed by atoms with E-state index in [2.05, 4.69) is 32.2 Å². The highest BCUT2D eigenvalue weighted by molar-refractivity contribution is 9.10. The van der Waals surface area contributed by atoms with Crippen LogP contribution in [0.1, 0.15) is 11.6 Å². The summed E-state index contributed by atoms with van der Waals surface area (Å²) < 4.78 is 11.5. The lowest BCUT2D eigenvalue weighted by molar-refractivity contribution is 0.173. The van der Waals surface area contributed by atoms with Crippen molar-refractivity contribution in [1.82, 2.24) is 10.2 Å². The summed E-state index contributed by atoms with van der Waals surface area (Å²) in [4.78, 5) is 2.07. The maximum atomic E-state index is 9.27. The van der Waals surface area contributed by atoms with E-state index in [4.69, 9.17) is 9.47 Å². The molecule has 1 aromatic carbocycles. The molecule has 1 aliphatic rings. The van der Waals surface area contributed by atoms with E-state index < -0.39 is 0 Å². The van der Waals surface area contributed by atoms with Gasteiger partial charge in [-0.05, 0) is 47.7 Å². The van der Waals surface area contributed by atoms with Gasteiger partial charge in [0.15, 0.2) is 11.5 Å². The lowest BCUT2D eigenvalue weighted by atomic mass is 10.1. The lowest BCUT2D eigenvalue weighted by Gasteiger charge is -2.15. The van der Waals surface area contributed by atoms with Crippen LogP contribution in [-0.4, -0.2) is 38.9 Å². The minimum absolute atomic E-state index is 0.225. The van der Waals surface area contributed by atoms with Gasteiger partial charge >= 0.3 is 0 Å². The van der Waals surface area contributed by atoms with Gasteiger partial charge in [-0.2, -0.15) is 5.26 Å². The number of hydrogen-bond acceptors (Lipinski definition) is 5. The average molecular weight is 326 g/mol. The summed E-state index contributed by atoms with van der Waals surface area (Å²) in [5, 5.41) is 12.5. The molecule has 0 aromatic heterocycles. The van der Waals surface area contributed by atoms with Gasteiger partial charge in [-0.15, -0.1) is 0 Å². The maximum absolute atomic E-state index is 9.27. The normalized spacial score (nSPS) is 14.5. The van der Waals surface area contributed by atoms with Crippen molar-refractivity contribution in [2.45, 2.75) is 6.04 Å². The van der Waals surface area contributed by atoms with E-state index in [0.717, 1.165) is 23.1 Å². The highest BCUT2D eigenvalue weighted by atomic mass is 79.9. The minimum atomic E-state index is -0.356. The second kappa shape index (κ2) is 6.24. The molecule has 6 heteroatoms. The minimum Gasteiger partial charge on any atom is -0.454 e. The van der Waals surface area contributed by atoms with E-state index in [1.807, 2.05) is 26.2 Å². The van der Waals surface area contributed by atoms with E-state index in [9.17, 15) is 5.26 Å².